The van der Waals surface area contributed by atoms with Crippen LogP contribution in [0.2, 0.25) is 0 Å². The van der Waals surface area contributed by atoms with Crippen molar-refractivity contribution < 1.29 is 28.8 Å². The second kappa shape index (κ2) is 14.8. The number of hydrogen-bond acceptors (Lipinski definition) is 6. The van der Waals surface area contributed by atoms with E-state index in [9.17, 15) is 0 Å². The molecule has 0 aromatic carbocycles. The van der Waals surface area contributed by atoms with Crippen molar-refractivity contribution in [1.82, 2.24) is 0 Å². The van der Waals surface area contributed by atoms with Crippen LogP contribution in [-0.2, 0) is 23.7 Å². The molecule has 0 amide bonds. The molecule has 18 heavy (non-hydrogen) atoms. The van der Waals surface area contributed by atoms with Gasteiger partial charge in [0.05, 0.1) is 46.2 Å². The van der Waals surface area contributed by atoms with Gasteiger partial charge in [0.2, 0.25) is 0 Å². The zero-order chi connectivity index (χ0) is 13.5. The molecule has 6 nitrogen and oxygen atoms in total. The molecule has 1 N–H and O–H groups in total. The summed E-state index contributed by atoms with van der Waals surface area (Å²) in [6.07, 6.45) is -0.610. The van der Waals surface area contributed by atoms with Crippen molar-refractivity contribution in [1.29, 1.82) is 0 Å². The van der Waals surface area contributed by atoms with Crippen molar-refractivity contribution >= 4 is 0 Å². The molecule has 0 bridgehead atoms. The molecule has 0 radical (unpaired) electrons. The summed E-state index contributed by atoms with van der Waals surface area (Å²) in [6, 6.07) is 0. The molecular formula is C12H26O6. The molecule has 0 saturated carbocycles. The van der Waals surface area contributed by atoms with Gasteiger partial charge in [-0.05, 0) is 13.8 Å². The van der Waals surface area contributed by atoms with Gasteiger partial charge in [-0.1, -0.05) is 0 Å². The van der Waals surface area contributed by atoms with Crippen LogP contribution in [0.3, 0.4) is 0 Å². The molecule has 0 rings (SSSR count). The maximum Gasteiger partial charge on any atom is 0.180 e. The monoisotopic (exact) mass is 266 g/mol. The Hall–Kier alpha value is -0.240. The van der Waals surface area contributed by atoms with E-state index < -0.39 is 6.29 Å². The molecule has 1 unspecified atom stereocenters. The van der Waals surface area contributed by atoms with Crippen molar-refractivity contribution in [2.75, 3.05) is 59.5 Å². The number of ether oxygens (including phenoxy) is 5. The number of aliphatic hydroxyl groups is 1. The van der Waals surface area contributed by atoms with Gasteiger partial charge in [0.1, 0.15) is 0 Å². The maximum atomic E-state index is 9.00. The topological polar surface area (TPSA) is 66.4 Å². The fourth-order valence-electron chi connectivity index (χ4n) is 1.14. The minimum Gasteiger partial charge on any atom is -0.391 e. The van der Waals surface area contributed by atoms with E-state index in [1.54, 1.807) is 0 Å². The smallest absolute Gasteiger partial charge is 0.180 e. The lowest BCUT2D eigenvalue weighted by Gasteiger charge is -2.16. The van der Waals surface area contributed by atoms with Gasteiger partial charge in [-0.2, -0.15) is 0 Å². The predicted octanol–water partition coefficient (Wildman–Crippen LogP) is 0.428. The van der Waals surface area contributed by atoms with Crippen LogP contribution >= 0.6 is 0 Å². The SMILES string of the molecule is CCOCCOCCOC(CO)OCCOCC. The lowest BCUT2D eigenvalue weighted by atomic mass is 10.6. The highest BCUT2D eigenvalue weighted by molar-refractivity contribution is 4.41. The molecule has 6 heteroatoms. The molecule has 0 aliphatic heterocycles. The van der Waals surface area contributed by atoms with Crippen LogP contribution in [0, 0.1) is 0 Å². The van der Waals surface area contributed by atoms with Gasteiger partial charge < -0.3 is 28.8 Å². The fourth-order valence-corrected chi connectivity index (χ4v) is 1.14. The molecule has 0 aromatic heterocycles. The Morgan fingerprint density at radius 1 is 0.722 bits per heavy atom. The molecular weight excluding hydrogens is 240 g/mol. The standard InChI is InChI=1S/C12H26O6/c1-3-14-5-6-16-8-10-18-12(11-13)17-9-7-15-4-2/h12-13H,3-11H2,1-2H3. The lowest BCUT2D eigenvalue weighted by molar-refractivity contribution is -0.175. The van der Waals surface area contributed by atoms with E-state index in [-0.39, 0.29) is 6.61 Å². The summed E-state index contributed by atoms with van der Waals surface area (Å²) < 4.78 is 26.0. The summed E-state index contributed by atoms with van der Waals surface area (Å²) in [6.45, 7) is 7.91. The van der Waals surface area contributed by atoms with Crippen molar-refractivity contribution in [3.63, 3.8) is 0 Å². The van der Waals surface area contributed by atoms with Gasteiger partial charge in [0.15, 0.2) is 6.29 Å². The van der Waals surface area contributed by atoms with Crippen LogP contribution in [0.25, 0.3) is 0 Å². The van der Waals surface area contributed by atoms with Crippen LogP contribution in [0.15, 0.2) is 0 Å². The third kappa shape index (κ3) is 12.2. The average molecular weight is 266 g/mol. The largest absolute Gasteiger partial charge is 0.391 e. The normalized spacial score (nSPS) is 12.8. The van der Waals surface area contributed by atoms with E-state index >= 15 is 0 Å². The van der Waals surface area contributed by atoms with Crippen LogP contribution in [0.4, 0.5) is 0 Å². The van der Waals surface area contributed by atoms with Gasteiger partial charge in [0, 0.05) is 13.2 Å². The van der Waals surface area contributed by atoms with E-state index in [1.165, 1.54) is 0 Å². The molecule has 0 aromatic rings. The summed E-state index contributed by atoms with van der Waals surface area (Å²) in [5.74, 6) is 0. The van der Waals surface area contributed by atoms with E-state index in [0.717, 1.165) is 0 Å². The van der Waals surface area contributed by atoms with Crippen molar-refractivity contribution in [3.8, 4) is 0 Å². The molecule has 0 saturated heterocycles. The summed E-state index contributed by atoms with van der Waals surface area (Å²) in [5, 5.41) is 9.00. The van der Waals surface area contributed by atoms with Gasteiger partial charge in [-0.3, -0.25) is 0 Å². The fraction of sp³-hybridized carbons (Fsp3) is 1.00. The Balaban J connectivity index is 3.27. The highest BCUT2D eigenvalue weighted by Crippen LogP contribution is 1.94. The minimum atomic E-state index is -0.610. The highest BCUT2D eigenvalue weighted by atomic mass is 16.7. The molecule has 0 fully saturated rings. The zero-order valence-electron chi connectivity index (χ0n) is 11.4. The van der Waals surface area contributed by atoms with Crippen molar-refractivity contribution in [2.24, 2.45) is 0 Å². The second-order valence-corrected chi connectivity index (χ2v) is 3.36. The molecule has 0 heterocycles. The average Bonchev–Trinajstić information content (AvgIpc) is 2.40. The summed E-state index contributed by atoms with van der Waals surface area (Å²) in [7, 11) is 0. The summed E-state index contributed by atoms with van der Waals surface area (Å²) >= 11 is 0. The van der Waals surface area contributed by atoms with Crippen LogP contribution in [0.1, 0.15) is 13.8 Å². The Kier molecular flexibility index (Phi) is 14.6. The number of hydrogen-bond donors (Lipinski definition) is 1. The third-order valence-corrected chi connectivity index (χ3v) is 1.99. The number of rotatable bonds is 14. The van der Waals surface area contributed by atoms with Gasteiger partial charge in [0.25, 0.3) is 0 Å². The highest BCUT2D eigenvalue weighted by Gasteiger charge is 2.07. The van der Waals surface area contributed by atoms with Gasteiger partial charge in [-0.15, -0.1) is 0 Å². The Morgan fingerprint density at radius 3 is 1.67 bits per heavy atom. The Labute approximate surface area is 109 Å². The molecule has 0 aliphatic rings. The molecule has 0 aliphatic carbocycles. The van der Waals surface area contributed by atoms with Gasteiger partial charge >= 0.3 is 0 Å². The first kappa shape index (κ1) is 17.8. The van der Waals surface area contributed by atoms with Crippen LogP contribution in [-0.4, -0.2) is 70.9 Å². The zero-order valence-corrected chi connectivity index (χ0v) is 11.4. The van der Waals surface area contributed by atoms with Crippen LogP contribution < -0.4 is 0 Å². The summed E-state index contributed by atoms with van der Waals surface area (Å²) in [4.78, 5) is 0. The summed E-state index contributed by atoms with van der Waals surface area (Å²) in [5.41, 5.74) is 0. The second-order valence-electron chi connectivity index (χ2n) is 3.36. The van der Waals surface area contributed by atoms with E-state index in [4.69, 9.17) is 28.8 Å². The predicted molar refractivity (Wildman–Crippen MR) is 66.6 cm³/mol. The molecule has 110 valence electrons. The minimum absolute atomic E-state index is 0.176. The quantitative estimate of drug-likeness (QED) is 0.363. The maximum absolute atomic E-state index is 9.00. The first-order chi connectivity index (χ1) is 8.85. The molecule has 0 spiro atoms. The van der Waals surface area contributed by atoms with Crippen molar-refractivity contribution in [2.45, 2.75) is 20.1 Å². The van der Waals surface area contributed by atoms with E-state index in [0.29, 0.717) is 52.9 Å². The lowest BCUT2D eigenvalue weighted by Crippen LogP contribution is -2.25. The van der Waals surface area contributed by atoms with Crippen molar-refractivity contribution in [3.05, 3.63) is 0 Å². The first-order valence-corrected chi connectivity index (χ1v) is 6.42. The Bertz CT molecular complexity index is 156. The number of aliphatic hydroxyl groups excluding tert-OH is 1. The van der Waals surface area contributed by atoms with Gasteiger partial charge in [-0.25, -0.2) is 0 Å². The van der Waals surface area contributed by atoms with Crippen LogP contribution in [0.5, 0.6) is 0 Å². The third-order valence-electron chi connectivity index (χ3n) is 1.99. The van der Waals surface area contributed by atoms with E-state index in [2.05, 4.69) is 0 Å². The first-order valence-electron chi connectivity index (χ1n) is 6.42. The molecule has 1 atom stereocenters. The Morgan fingerprint density at radius 2 is 1.17 bits per heavy atom. The van der Waals surface area contributed by atoms with E-state index in [1.807, 2.05) is 13.8 Å².